The van der Waals surface area contributed by atoms with Crippen molar-refractivity contribution in [1.29, 1.82) is 0 Å². The van der Waals surface area contributed by atoms with Crippen LogP contribution in [-0.2, 0) is 0 Å². The summed E-state index contributed by atoms with van der Waals surface area (Å²) in [5, 5.41) is 9.14. The van der Waals surface area contributed by atoms with Crippen LogP contribution in [0.2, 0.25) is 0 Å². The molecular formula is C22H25N5O3. The number of hydrogen-bond acceptors (Lipinski definition) is 4. The highest BCUT2D eigenvalue weighted by molar-refractivity contribution is 5.95. The van der Waals surface area contributed by atoms with Gasteiger partial charge in [-0.05, 0) is 49.9 Å². The molecule has 2 aromatic heterocycles. The Kier molecular flexibility index (Phi) is 5.39. The predicted molar refractivity (Wildman–Crippen MR) is 113 cm³/mol. The highest BCUT2D eigenvalue weighted by atomic mass is 16.2. The number of benzene rings is 1. The number of pyridine rings is 1. The minimum atomic E-state index is -0.393. The maximum absolute atomic E-state index is 13.1. The van der Waals surface area contributed by atoms with Gasteiger partial charge in [-0.3, -0.25) is 9.59 Å². The molecule has 3 heterocycles. The lowest BCUT2D eigenvalue weighted by Crippen LogP contribution is -2.51. The van der Waals surface area contributed by atoms with E-state index in [4.69, 9.17) is 0 Å². The van der Waals surface area contributed by atoms with E-state index in [1.165, 1.54) is 10.6 Å². The third-order valence-electron chi connectivity index (χ3n) is 5.71. The summed E-state index contributed by atoms with van der Waals surface area (Å²) in [5.74, 6) is 0.188. The number of nitrogens with zero attached hydrogens (tertiary/aromatic N) is 3. The van der Waals surface area contributed by atoms with Crippen molar-refractivity contribution >= 4 is 17.5 Å². The summed E-state index contributed by atoms with van der Waals surface area (Å²) < 4.78 is 1.30. The molecule has 2 N–H and O–H groups in total. The SMILES string of the molecule is Cc1ccc(C(=O)N2CC[C@@H](C)C[C@H]2CNC(=O)c2ccc3n[nH]c(=O)n3c2)cc1. The average Bonchev–Trinajstić information content (AvgIpc) is 3.12. The molecule has 2 atom stereocenters. The smallest absolute Gasteiger partial charge is 0.347 e. The number of piperidine rings is 1. The topological polar surface area (TPSA) is 99.6 Å². The molecule has 1 aliphatic rings. The van der Waals surface area contributed by atoms with Crippen molar-refractivity contribution in [1.82, 2.24) is 24.8 Å². The van der Waals surface area contributed by atoms with Gasteiger partial charge in [-0.1, -0.05) is 24.6 Å². The third kappa shape index (κ3) is 3.98. The van der Waals surface area contributed by atoms with E-state index in [-0.39, 0.29) is 17.9 Å². The summed E-state index contributed by atoms with van der Waals surface area (Å²) in [7, 11) is 0. The fraction of sp³-hybridized carbons (Fsp3) is 0.364. The summed E-state index contributed by atoms with van der Waals surface area (Å²) in [6, 6.07) is 10.7. The van der Waals surface area contributed by atoms with Crippen LogP contribution >= 0.6 is 0 Å². The Bertz CT molecular complexity index is 1130. The van der Waals surface area contributed by atoms with E-state index in [1.54, 1.807) is 12.1 Å². The molecule has 1 aromatic carbocycles. The molecule has 8 nitrogen and oxygen atoms in total. The summed E-state index contributed by atoms with van der Waals surface area (Å²) in [6.07, 6.45) is 3.25. The van der Waals surface area contributed by atoms with Crippen LogP contribution in [0.5, 0.6) is 0 Å². The molecule has 30 heavy (non-hydrogen) atoms. The number of aryl methyl sites for hydroxylation is 1. The van der Waals surface area contributed by atoms with Crippen molar-refractivity contribution in [3.63, 3.8) is 0 Å². The molecule has 0 aliphatic carbocycles. The molecule has 1 aliphatic heterocycles. The van der Waals surface area contributed by atoms with Crippen molar-refractivity contribution < 1.29 is 9.59 Å². The fourth-order valence-electron chi connectivity index (χ4n) is 3.93. The van der Waals surface area contributed by atoms with Crippen LogP contribution in [0.3, 0.4) is 0 Å². The maximum Gasteiger partial charge on any atom is 0.347 e. The lowest BCUT2D eigenvalue weighted by molar-refractivity contribution is 0.0551. The lowest BCUT2D eigenvalue weighted by Gasteiger charge is -2.38. The third-order valence-corrected chi connectivity index (χ3v) is 5.71. The van der Waals surface area contributed by atoms with Crippen molar-refractivity contribution in [3.8, 4) is 0 Å². The quantitative estimate of drug-likeness (QED) is 0.691. The first-order chi connectivity index (χ1) is 14.4. The Hall–Kier alpha value is -3.42. The normalized spacial score (nSPS) is 19.1. The number of aromatic amines is 1. The van der Waals surface area contributed by atoms with Gasteiger partial charge in [-0.2, -0.15) is 5.10 Å². The van der Waals surface area contributed by atoms with Crippen LogP contribution in [0, 0.1) is 12.8 Å². The summed E-state index contributed by atoms with van der Waals surface area (Å²) in [5.41, 5.74) is 2.20. The number of rotatable bonds is 4. The first kappa shape index (κ1) is 19.9. The second-order valence-electron chi connectivity index (χ2n) is 8.03. The lowest BCUT2D eigenvalue weighted by atomic mass is 9.91. The second kappa shape index (κ2) is 8.14. The van der Waals surface area contributed by atoms with Crippen LogP contribution in [-0.4, -0.2) is 50.4 Å². The van der Waals surface area contributed by atoms with E-state index in [0.29, 0.717) is 35.8 Å². The van der Waals surface area contributed by atoms with Crippen LogP contribution in [0.4, 0.5) is 0 Å². The van der Waals surface area contributed by atoms with Crippen molar-refractivity contribution in [3.05, 3.63) is 69.8 Å². The Morgan fingerprint density at radius 3 is 2.67 bits per heavy atom. The zero-order valence-corrected chi connectivity index (χ0v) is 17.1. The Morgan fingerprint density at radius 2 is 1.90 bits per heavy atom. The standard InChI is InChI=1S/C22H25N5O3/c1-14-3-5-16(6-4-14)21(29)26-10-9-15(2)11-18(26)12-23-20(28)17-7-8-19-24-25-22(30)27(19)13-17/h3-8,13,15,18H,9-12H2,1-2H3,(H,23,28)(H,25,30)/t15-,18+/m1/s1. The molecule has 1 fully saturated rings. The largest absolute Gasteiger partial charge is 0.350 e. The van der Waals surface area contributed by atoms with Gasteiger partial charge in [0.25, 0.3) is 11.8 Å². The van der Waals surface area contributed by atoms with Crippen molar-refractivity contribution in [2.24, 2.45) is 5.92 Å². The Balaban J connectivity index is 1.47. The van der Waals surface area contributed by atoms with Gasteiger partial charge in [0.05, 0.1) is 5.56 Å². The minimum Gasteiger partial charge on any atom is -0.350 e. The van der Waals surface area contributed by atoms with Crippen LogP contribution in [0.15, 0.2) is 47.4 Å². The van der Waals surface area contributed by atoms with Crippen LogP contribution < -0.4 is 11.0 Å². The van der Waals surface area contributed by atoms with E-state index in [1.807, 2.05) is 36.1 Å². The Morgan fingerprint density at radius 1 is 1.17 bits per heavy atom. The van der Waals surface area contributed by atoms with Gasteiger partial charge >= 0.3 is 5.69 Å². The van der Waals surface area contributed by atoms with E-state index in [2.05, 4.69) is 22.4 Å². The zero-order valence-electron chi connectivity index (χ0n) is 17.1. The van der Waals surface area contributed by atoms with Gasteiger partial charge in [0.15, 0.2) is 5.65 Å². The van der Waals surface area contributed by atoms with Crippen molar-refractivity contribution in [2.45, 2.75) is 32.7 Å². The summed E-state index contributed by atoms with van der Waals surface area (Å²) in [4.78, 5) is 39.3. The number of hydrogen-bond donors (Lipinski definition) is 2. The second-order valence-corrected chi connectivity index (χ2v) is 8.03. The zero-order chi connectivity index (χ0) is 21.3. The molecule has 2 amide bonds. The molecule has 0 bridgehead atoms. The van der Waals surface area contributed by atoms with E-state index < -0.39 is 5.69 Å². The minimum absolute atomic E-state index is 0.00693. The number of carbonyl (C=O) groups excluding carboxylic acids is 2. The molecule has 0 spiro atoms. The number of aromatic nitrogens is 3. The summed E-state index contributed by atoms with van der Waals surface area (Å²) >= 11 is 0. The van der Waals surface area contributed by atoms with E-state index >= 15 is 0 Å². The van der Waals surface area contributed by atoms with Crippen LogP contribution in [0.25, 0.3) is 5.65 Å². The molecule has 0 unspecified atom stereocenters. The van der Waals surface area contributed by atoms with Crippen LogP contribution in [0.1, 0.15) is 46.0 Å². The maximum atomic E-state index is 13.1. The van der Waals surface area contributed by atoms with Gasteiger partial charge in [-0.15, -0.1) is 0 Å². The molecular weight excluding hydrogens is 382 g/mol. The number of H-pyrrole nitrogens is 1. The van der Waals surface area contributed by atoms with Gasteiger partial charge in [0.1, 0.15) is 0 Å². The highest BCUT2D eigenvalue weighted by Crippen LogP contribution is 2.24. The molecule has 3 aromatic rings. The number of likely N-dealkylation sites (tertiary alicyclic amines) is 1. The van der Waals surface area contributed by atoms with E-state index in [0.717, 1.165) is 18.4 Å². The van der Waals surface area contributed by atoms with Crippen molar-refractivity contribution in [2.75, 3.05) is 13.1 Å². The highest BCUT2D eigenvalue weighted by Gasteiger charge is 2.30. The van der Waals surface area contributed by atoms with Gasteiger partial charge in [0.2, 0.25) is 0 Å². The van der Waals surface area contributed by atoms with Gasteiger partial charge in [0, 0.05) is 30.9 Å². The monoisotopic (exact) mass is 407 g/mol. The average molecular weight is 407 g/mol. The number of nitrogens with one attached hydrogen (secondary N) is 2. The summed E-state index contributed by atoms with van der Waals surface area (Å²) in [6.45, 7) is 5.19. The molecule has 4 rings (SSSR count). The fourth-order valence-corrected chi connectivity index (χ4v) is 3.93. The first-order valence-corrected chi connectivity index (χ1v) is 10.1. The van der Waals surface area contributed by atoms with Gasteiger partial charge in [-0.25, -0.2) is 14.3 Å². The molecule has 8 heteroatoms. The Labute approximate surface area is 173 Å². The predicted octanol–water partition coefficient (Wildman–Crippen LogP) is 2.00. The number of carbonyl (C=O) groups is 2. The molecule has 0 saturated carbocycles. The number of amides is 2. The van der Waals surface area contributed by atoms with Gasteiger partial charge < -0.3 is 10.2 Å². The molecule has 0 radical (unpaired) electrons. The van der Waals surface area contributed by atoms with E-state index in [9.17, 15) is 14.4 Å². The first-order valence-electron chi connectivity index (χ1n) is 10.1. The molecule has 1 saturated heterocycles. The number of fused-ring (bicyclic) bond motifs is 1. The molecule has 156 valence electrons.